The van der Waals surface area contributed by atoms with Crippen molar-refractivity contribution in [3.8, 4) is 0 Å². The van der Waals surface area contributed by atoms with Crippen molar-refractivity contribution >= 4 is 62.3 Å². The Kier molecular flexibility index (Phi) is 4.93. The molecule has 1 aliphatic rings. The second kappa shape index (κ2) is 7.59. The van der Waals surface area contributed by atoms with Crippen LogP contribution in [-0.4, -0.2) is 31.2 Å². The number of anilines is 1. The van der Waals surface area contributed by atoms with Crippen molar-refractivity contribution in [2.45, 2.75) is 37.8 Å². The van der Waals surface area contributed by atoms with Crippen molar-refractivity contribution in [3.63, 3.8) is 0 Å². The lowest BCUT2D eigenvalue weighted by Crippen LogP contribution is -2.14. The fourth-order valence-corrected chi connectivity index (χ4v) is 5.67. The van der Waals surface area contributed by atoms with Crippen molar-refractivity contribution in [1.29, 1.82) is 0 Å². The van der Waals surface area contributed by atoms with Crippen LogP contribution in [0.2, 0.25) is 5.02 Å². The number of carbonyl (C=O) groups excluding carboxylic acids is 1. The van der Waals surface area contributed by atoms with Gasteiger partial charge in [0.25, 0.3) is 0 Å². The number of benzene rings is 1. The van der Waals surface area contributed by atoms with Crippen molar-refractivity contribution in [2.75, 3.05) is 11.1 Å². The van der Waals surface area contributed by atoms with Crippen LogP contribution < -0.4 is 5.32 Å². The summed E-state index contributed by atoms with van der Waals surface area (Å²) in [6, 6.07) is 7.74. The number of aryl methyl sites for hydroxylation is 3. The first-order chi connectivity index (χ1) is 14.1. The predicted molar refractivity (Wildman–Crippen MR) is 118 cm³/mol. The Labute approximate surface area is 180 Å². The lowest BCUT2D eigenvalue weighted by molar-refractivity contribution is -0.113. The van der Waals surface area contributed by atoms with Crippen molar-refractivity contribution < 1.29 is 4.79 Å². The number of hydrogen-bond acceptors (Lipinski definition) is 6. The predicted octanol–water partition coefficient (Wildman–Crippen LogP) is 4.91. The Balaban J connectivity index is 1.36. The van der Waals surface area contributed by atoms with Gasteiger partial charge in [0, 0.05) is 15.3 Å². The molecule has 0 aliphatic heterocycles. The minimum atomic E-state index is -0.0858. The molecule has 0 radical (unpaired) electrons. The molecule has 1 amide bonds. The molecule has 148 valence electrons. The van der Waals surface area contributed by atoms with Gasteiger partial charge in [0.1, 0.15) is 0 Å². The molecule has 5 rings (SSSR count). The summed E-state index contributed by atoms with van der Waals surface area (Å²) >= 11 is 9.13. The number of hydrogen-bond donors (Lipinski definition) is 1. The van der Waals surface area contributed by atoms with E-state index in [0.717, 1.165) is 40.6 Å². The van der Waals surface area contributed by atoms with Gasteiger partial charge >= 0.3 is 0 Å². The van der Waals surface area contributed by atoms with Gasteiger partial charge in [-0.15, -0.1) is 21.5 Å². The molecular weight excluding hydrogens is 426 g/mol. The lowest BCUT2D eigenvalue weighted by Gasteiger charge is -2.08. The van der Waals surface area contributed by atoms with Gasteiger partial charge in [0.05, 0.1) is 17.0 Å². The molecule has 3 aromatic heterocycles. The number of rotatable bonds is 4. The number of pyridine rings is 1. The number of nitrogens with zero attached hydrogens (tertiary/aromatic N) is 4. The molecule has 0 unspecified atom stereocenters. The van der Waals surface area contributed by atoms with Crippen LogP contribution >= 0.6 is 34.7 Å². The molecule has 3 heterocycles. The van der Waals surface area contributed by atoms with Crippen LogP contribution in [0.3, 0.4) is 0 Å². The molecule has 29 heavy (non-hydrogen) atoms. The quantitative estimate of drug-likeness (QED) is 0.453. The zero-order chi connectivity index (χ0) is 20.0. The fraction of sp³-hybridized carbons (Fsp3) is 0.300. The number of halogens is 1. The van der Waals surface area contributed by atoms with E-state index in [9.17, 15) is 4.79 Å². The number of thioether (sulfide) groups is 1. The Morgan fingerprint density at radius 2 is 2.14 bits per heavy atom. The van der Waals surface area contributed by atoms with Crippen molar-refractivity contribution in [3.05, 3.63) is 45.4 Å². The minimum absolute atomic E-state index is 0.0858. The largest absolute Gasteiger partial charge is 0.301 e. The van der Waals surface area contributed by atoms with Gasteiger partial charge in [0.2, 0.25) is 5.91 Å². The molecule has 6 nitrogen and oxygen atoms in total. The van der Waals surface area contributed by atoms with Crippen LogP contribution in [0.5, 0.6) is 0 Å². The number of thiazole rings is 1. The zero-order valence-corrected chi connectivity index (χ0v) is 18.1. The summed E-state index contributed by atoms with van der Waals surface area (Å²) in [6.45, 7) is 2.03. The summed E-state index contributed by atoms with van der Waals surface area (Å²) in [6.07, 6.45) is 4.47. The van der Waals surface area contributed by atoms with E-state index < -0.39 is 0 Å². The number of carbonyl (C=O) groups is 1. The molecule has 0 saturated heterocycles. The maximum atomic E-state index is 12.5. The van der Waals surface area contributed by atoms with Crippen LogP contribution in [0.15, 0.2) is 29.4 Å². The standard InChI is InChI=1S/C20H18ClN5OS2/c1-11-8-17-24-25-20(26(17)15-7-6-12(21)9-13(11)15)28-10-18(27)23-19-22-14-4-2-3-5-16(14)29-19/h6-9H,2-5,10H2,1H3,(H,22,23,27). The maximum Gasteiger partial charge on any atom is 0.236 e. The molecule has 0 fully saturated rings. The molecular formula is C20H18ClN5OS2. The minimum Gasteiger partial charge on any atom is -0.301 e. The molecule has 1 N–H and O–H groups in total. The highest BCUT2D eigenvalue weighted by Crippen LogP contribution is 2.30. The average Bonchev–Trinajstić information content (AvgIpc) is 3.29. The number of amides is 1. The molecule has 1 aliphatic carbocycles. The van der Waals surface area contributed by atoms with Crippen molar-refractivity contribution in [2.24, 2.45) is 0 Å². The molecule has 1 aromatic carbocycles. The highest BCUT2D eigenvalue weighted by molar-refractivity contribution is 7.99. The van der Waals surface area contributed by atoms with E-state index in [1.807, 2.05) is 35.6 Å². The van der Waals surface area contributed by atoms with Crippen LogP contribution in [-0.2, 0) is 17.6 Å². The topological polar surface area (TPSA) is 72.2 Å². The summed E-state index contributed by atoms with van der Waals surface area (Å²) in [7, 11) is 0. The molecule has 9 heteroatoms. The molecule has 0 atom stereocenters. The van der Waals surface area contributed by atoms with Gasteiger partial charge in [-0.05, 0) is 62.4 Å². The van der Waals surface area contributed by atoms with Crippen LogP contribution in [0.1, 0.15) is 29.0 Å². The van der Waals surface area contributed by atoms with Crippen LogP contribution in [0, 0.1) is 6.92 Å². The van der Waals surface area contributed by atoms with Crippen LogP contribution in [0.4, 0.5) is 5.13 Å². The van der Waals surface area contributed by atoms with Gasteiger partial charge in [-0.25, -0.2) is 4.98 Å². The van der Waals surface area contributed by atoms with E-state index in [-0.39, 0.29) is 11.7 Å². The third kappa shape index (κ3) is 3.60. The lowest BCUT2D eigenvalue weighted by atomic mass is 10.0. The summed E-state index contributed by atoms with van der Waals surface area (Å²) in [5, 5.41) is 14.6. The Hall–Kier alpha value is -2.16. The van der Waals surface area contributed by atoms with Crippen LogP contribution in [0.25, 0.3) is 16.6 Å². The van der Waals surface area contributed by atoms with Gasteiger partial charge < -0.3 is 5.32 Å². The van der Waals surface area contributed by atoms with E-state index in [0.29, 0.717) is 15.3 Å². The molecule has 0 bridgehead atoms. The highest BCUT2D eigenvalue weighted by atomic mass is 35.5. The first-order valence-corrected chi connectivity index (χ1v) is 11.6. The van der Waals surface area contributed by atoms with Gasteiger partial charge in [-0.1, -0.05) is 23.4 Å². The Morgan fingerprint density at radius 3 is 3.00 bits per heavy atom. The SMILES string of the molecule is Cc1cc2nnc(SCC(=O)Nc3nc4c(s3)CCCC4)n2c2ccc(Cl)cc12. The monoisotopic (exact) mass is 443 g/mol. The maximum absolute atomic E-state index is 12.5. The summed E-state index contributed by atoms with van der Waals surface area (Å²) in [4.78, 5) is 18.4. The summed E-state index contributed by atoms with van der Waals surface area (Å²) in [5.41, 5.74) is 3.97. The van der Waals surface area contributed by atoms with E-state index in [4.69, 9.17) is 11.6 Å². The van der Waals surface area contributed by atoms with Gasteiger partial charge in [-0.3, -0.25) is 9.20 Å². The highest BCUT2D eigenvalue weighted by Gasteiger charge is 2.17. The number of fused-ring (bicyclic) bond motifs is 4. The normalized spacial score (nSPS) is 13.7. The molecule has 0 saturated carbocycles. The van der Waals surface area contributed by atoms with Gasteiger partial charge in [0.15, 0.2) is 15.9 Å². The Bertz CT molecular complexity index is 1230. The third-order valence-corrected chi connectivity index (χ3v) is 7.29. The van der Waals surface area contributed by atoms with E-state index in [2.05, 4.69) is 20.5 Å². The first kappa shape index (κ1) is 18.8. The van der Waals surface area contributed by atoms with Gasteiger partial charge in [-0.2, -0.15) is 0 Å². The third-order valence-electron chi connectivity index (χ3n) is 5.05. The average molecular weight is 444 g/mol. The van der Waals surface area contributed by atoms with Crippen molar-refractivity contribution in [1.82, 2.24) is 19.6 Å². The van der Waals surface area contributed by atoms with E-state index in [1.54, 1.807) is 11.3 Å². The number of aromatic nitrogens is 4. The second-order valence-corrected chi connectivity index (χ2v) is 9.56. The smallest absolute Gasteiger partial charge is 0.236 e. The molecule has 0 spiro atoms. The Morgan fingerprint density at radius 1 is 1.28 bits per heavy atom. The summed E-state index contributed by atoms with van der Waals surface area (Å²) < 4.78 is 1.97. The second-order valence-electron chi connectivity index (χ2n) is 7.10. The molecule has 4 aromatic rings. The summed E-state index contributed by atoms with van der Waals surface area (Å²) in [5.74, 6) is 0.158. The first-order valence-electron chi connectivity index (χ1n) is 9.44. The fourth-order valence-electron chi connectivity index (χ4n) is 3.68. The van der Waals surface area contributed by atoms with E-state index in [1.165, 1.54) is 29.5 Å². The van der Waals surface area contributed by atoms with E-state index >= 15 is 0 Å². The number of nitrogens with one attached hydrogen (secondary N) is 1. The zero-order valence-electron chi connectivity index (χ0n) is 15.7.